The van der Waals surface area contributed by atoms with Crippen molar-refractivity contribution >= 4 is 22.4 Å². The average Bonchev–Trinajstić information content (AvgIpc) is 2.73. The van der Waals surface area contributed by atoms with Crippen molar-refractivity contribution in [1.82, 2.24) is 4.98 Å². The molecule has 0 aliphatic heterocycles. The molecule has 2 aromatic heterocycles. The average molecular weight is 387 g/mol. The van der Waals surface area contributed by atoms with Crippen LogP contribution in [0.5, 0.6) is 5.75 Å². The number of hydrogen-bond acceptors (Lipinski definition) is 5. The second-order valence-corrected chi connectivity index (χ2v) is 6.79. The Balaban J connectivity index is 1.87. The van der Waals surface area contributed by atoms with E-state index in [1.54, 1.807) is 24.4 Å². The van der Waals surface area contributed by atoms with Crippen LogP contribution < -0.4 is 10.3 Å². The molecule has 29 heavy (non-hydrogen) atoms. The zero-order valence-electron chi connectivity index (χ0n) is 15.7. The van der Waals surface area contributed by atoms with E-state index in [9.17, 15) is 15.2 Å². The molecule has 0 bridgehead atoms. The summed E-state index contributed by atoms with van der Waals surface area (Å²) in [6.07, 6.45) is 3.43. The Morgan fingerprint density at radius 2 is 2.00 bits per heavy atom. The summed E-state index contributed by atoms with van der Waals surface area (Å²) < 4.78 is 0. The minimum absolute atomic E-state index is 0.0130. The van der Waals surface area contributed by atoms with E-state index in [0.29, 0.717) is 16.6 Å². The number of aromatic amines is 1. The number of H-pyrrole nitrogens is 1. The molecule has 0 amide bonds. The number of non-ortho nitro benzene ring substituents is 1. The standard InChI is InChI=1S/C22H18N4O3/c1-14-9-11-23-19(12-14)25-20(16-4-2-6-17(13-16)26(28)29)18-8-7-15-5-3-10-24-21(15)22(18)27/h2-13,20,27H,1H3,(H,23,25)/p+1/t20-/m0/s1. The second kappa shape index (κ2) is 7.55. The minimum atomic E-state index is -0.528. The predicted molar refractivity (Wildman–Crippen MR) is 110 cm³/mol. The highest BCUT2D eigenvalue weighted by molar-refractivity contribution is 5.86. The number of benzene rings is 2. The van der Waals surface area contributed by atoms with E-state index in [1.807, 2.05) is 43.5 Å². The number of aromatic hydroxyl groups is 1. The number of aryl methyl sites for hydroxylation is 1. The molecule has 1 atom stereocenters. The number of phenols is 1. The van der Waals surface area contributed by atoms with E-state index < -0.39 is 11.0 Å². The lowest BCUT2D eigenvalue weighted by atomic mass is 9.96. The molecule has 0 fully saturated rings. The number of aromatic nitrogens is 2. The van der Waals surface area contributed by atoms with Gasteiger partial charge >= 0.3 is 0 Å². The van der Waals surface area contributed by atoms with Crippen LogP contribution in [0.3, 0.4) is 0 Å². The third-order valence-corrected chi connectivity index (χ3v) is 4.76. The number of hydrogen-bond donors (Lipinski definition) is 2. The number of phenolic OH excluding ortho intramolecular Hbond substituents is 1. The number of fused-ring (bicyclic) bond motifs is 1. The van der Waals surface area contributed by atoms with Gasteiger partial charge in [0.15, 0.2) is 0 Å². The maximum Gasteiger partial charge on any atom is 0.273 e. The van der Waals surface area contributed by atoms with E-state index in [4.69, 9.17) is 0 Å². The molecule has 0 radical (unpaired) electrons. The molecule has 3 N–H and O–H groups in total. The van der Waals surface area contributed by atoms with Crippen molar-refractivity contribution in [3.05, 3.63) is 99.9 Å². The van der Waals surface area contributed by atoms with Gasteiger partial charge in [0, 0.05) is 40.9 Å². The Morgan fingerprint density at radius 3 is 2.79 bits per heavy atom. The first kappa shape index (κ1) is 18.4. The van der Waals surface area contributed by atoms with Crippen molar-refractivity contribution in [2.75, 3.05) is 5.32 Å². The second-order valence-electron chi connectivity index (χ2n) is 6.79. The highest BCUT2D eigenvalue weighted by Crippen LogP contribution is 2.36. The Hall–Kier alpha value is -4.00. The van der Waals surface area contributed by atoms with Crippen molar-refractivity contribution in [2.24, 2.45) is 0 Å². The third kappa shape index (κ3) is 3.70. The van der Waals surface area contributed by atoms with Gasteiger partial charge in [-0.2, -0.15) is 0 Å². The Bertz CT molecular complexity index is 1210. The summed E-state index contributed by atoms with van der Waals surface area (Å²) in [5.41, 5.74) is 2.75. The third-order valence-electron chi connectivity index (χ3n) is 4.76. The van der Waals surface area contributed by atoms with E-state index in [-0.39, 0.29) is 11.4 Å². The van der Waals surface area contributed by atoms with Crippen LogP contribution in [-0.4, -0.2) is 15.0 Å². The van der Waals surface area contributed by atoms with Gasteiger partial charge in [-0.15, -0.1) is 0 Å². The quantitative estimate of drug-likeness (QED) is 0.395. The summed E-state index contributed by atoms with van der Waals surface area (Å²) >= 11 is 0. The van der Waals surface area contributed by atoms with Gasteiger partial charge in [-0.05, 0) is 30.7 Å². The van der Waals surface area contributed by atoms with Crippen molar-refractivity contribution in [3.8, 4) is 5.75 Å². The first-order chi connectivity index (χ1) is 14.0. The number of nitrogens with one attached hydrogen (secondary N) is 2. The van der Waals surface area contributed by atoms with Gasteiger partial charge in [0.1, 0.15) is 17.3 Å². The van der Waals surface area contributed by atoms with Crippen LogP contribution in [0.15, 0.2) is 73.1 Å². The summed E-state index contributed by atoms with van der Waals surface area (Å²) in [5.74, 6) is 0.766. The molecule has 4 rings (SSSR count). The SMILES string of the molecule is Cc1cc[nH+]c(N[C@@H](c2cccc([N+](=O)[O-])c2)c2ccc3cccnc3c2O)c1. The number of anilines is 1. The highest BCUT2D eigenvalue weighted by Gasteiger charge is 2.25. The van der Waals surface area contributed by atoms with Gasteiger partial charge in [-0.1, -0.05) is 24.3 Å². The van der Waals surface area contributed by atoms with Crippen LogP contribution in [0.4, 0.5) is 11.5 Å². The van der Waals surface area contributed by atoms with Crippen LogP contribution in [-0.2, 0) is 0 Å². The van der Waals surface area contributed by atoms with Crippen molar-refractivity contribution in [2.45, 2.75) is 13.0 Å². The Labute approximate surface area is 166 Å². The zero-order valence-corrected chi connectivity index (χ0v) is 15.7. The zero-order chi connectivity index (χ0) is 20.4. The maximum atomic E-state index is 11.3. The monoisotopic (exact) mass is 387 g/mol. The lowest BCUT2D eigenvalue weighted by Gasteiger charge is -2.17. The molecule has 0 aliphatic carbocycles. The largest absolute Gasteiger partial charge is 0.505 e. The fourth-order valence-electron chi connectivity index (χ4n) is 3.36. The molecule has 7 heteroatoms. The first-order valence-electron chi connectivity index (χ1n) is 9.09. The number of rotatable bonds is 5. The molecule has 0 unspecified atom stereocenters. The molecule has 0 saturated carbocycles. The summed E-state index contributed by atoms with van der Waals surface area (Å²) in [7, 11) is 0. The van der Waals surface area contributed by atoms with E-state index in [2.05, 4.69) is 15.3 Å². The molecular formula is C22H19N4O3+. The Morgan fingerprint density at radius 1 is 1.14 bits per heavy atom. The minimum Gasteiger partial charge on any atom is -0.505 e. The van der Waals surface area contributed by atoms with Crippen LogP contribution >= 0.6 is 0 Å². The molecule has 0 saturated heterocycles. The van der Waals surface area contributed by atoms with Gasteiger partial charge in [-0.3, -0.25) is 20.4 Å². The first-order valence-corrected chi connectivity index (χ1v) is 9.09. The predicted octanol–water partition coefficient (Wildman–Crippen LogP) is 4.17. The number of nitro benzene ring substituents is 1. The van der Waals surface area contributed by atoms with Crippen molar-refractivity contribution in [1.29, 1.82) is 0 Å². The topological polar surface area (TPSA) is 102 Å². The van der Waals surface area contributed by atoms with E-state index >= 15 is 0 Å². The van der Waals surface area contributed by atoms with Gasteiger partial charge in [0.05, 0.1) is 11.1 Å². The van der Waals surface area contributed by atoms with Crippen LogP contribution in [0.2, 0.25) is 0 Å². The van der Waals surface area contributed by atoms with Crippen LogP contribution in [0.25, 0.3) is 10.9 Å². The van der Waals surface area contributed by atoms with E-state index in [1.165, 1.54) is 12.1 Å². The smallest absolute Gasteiger partial charge is 0.273 e. The van der Waals surface area contributed by atoms with Crippen LogP contribution in [0.1, 0.15) is 22.7 Å². The van der Waals surface area contributed by atoms with Crippen molar-refractivity contribution < 1.29 is 15.0 Å². The Kier molecular flexibility index (Phi) is 4.78. The van der Waals surface area contributed by atoms with Crippen molar-refractivity contribution in [3.63, 3.8) is 0 Å². The van der Waals surface area contributed by atoms with Crippen LogP contribution in [0, 0.1) is 17.0 Å². The highest BCUT2D eigenvalue weighted by atomic mass is 16.6. The van der Waals surface area contributed by atoms with Gasteiger partial charge in [0.2, 0.25) is 0 Å². The molecule has 7 nitrogen and oxygen atoms in total. The summed E-state index contributed by atoms with van der Waals surface area (Å²) in [6, 6.07) is 17.1. The number of nitrogens with zero attached hydrogens (tertiary/aromatic N) is 2. The molecule has 144 valence electrons. The summed E-state index contributed by atoms with van der Waals surface area (Å²) in [4.78, 5) is 18.3. The molecule has 0 aliphatic rings. The van der Waals surface area contributed by atoms with Gasteiger partial charge in [0.25, 0.3) is 11.5 Å². The molecule has 2 aromatic carbocycles. The lowest BCUT2D eigenvalue weighted by Crippen LogP contribution is -2.19. The fourth-order valence-corrected chi connectivity index (χ4v) is 3.36. The molecule has 2 heterocycles. The number of pyridine rings is 2. The molecule has 4 aromatic rings. The molecular weight excluding hydrogens is 368 g/mol. The van der Waals surface area contributed by atoms with Gasteiger partial charge in [-0.25, -0.2) is 4.98 Å². The number of nitro groups is 1. The fraction of sp³-hybridized carbons (Fsp3) is 0.0909. The summed E-state index contributed by atoms with van der Waals surface area (Å²) in [6.45, 7) is 1.97. The van der Waals surface area contributed by atoms with E-state index in [0.717, 1.165) is 16.8 Å². The normalized spacial score (nSPS) is 11.9. The lowest BCUT2D eigenvalue weighted by molar-refractivity contribution is -0.384. The maximum absolute atomic E-state index is 11.3. The summed E-state index contributed by atoms with van der Waals surface area (Å²) in [5, 5.41) is 26.4. The molecule has 0 spiro atoms. The van der Waals surface area contributed by atoms with Gasteiger partial charge < -0.3 is 5.11 Å².